The summed E-state index contributed by atoms with van der Waals surface area (Å²) in [6.07, 6.45) is 0. The number of aryl methyl sites for hydroxylation is 1. The number of anilines is 1. The highest BCUT2D eigenvalue weighted by molar-refractivity contribution is 6.07. The second-order valence-corrected chi connectivity index (χ2v) is 5.74. The van der Waals surface area contributed by atoms with Gasteiger partial charge in [-0.2, -0.15) is 0 Å². The highest BCUT2D eigenvalue weighted by atomic mass is 19.1. The molecule has 0 unspecified atom stereocenters. The number of hydrogen-bond acceptors (Lipinski definition) is 4. The van der Waals surface area contributed by atoms with Gasteiger partial charge in [-0.25, -0.2) is 4.39 Å². The van der Waals surface area contributed by atoms with Crippen LogP contribution in [0.4, 0.5) is 10.1 Å². The van der Waals surface area contributed by atoms with Crippen molar-refractivity contribution in [2.45, 2.75) is 6.92 Å². The molecule has 1 N–H and O–H groups in total. The lowest BCUT2D eigenvalue weighted by Gasteiger charge is -2.21. The number of nitrogens with one attached hydrogen (secondary N) is 1. The fourth-order valence-electron chi connectivity index (χ4n) is 2.83. The number of fused-ring (bicyclic) bond motifs is 2. The minimum atomic E-state index is -0.357. The van der Waals surface area contributed by atoms with E-state index in [1.54, 1.807) is 37.3 Å². The van der Waals surface area contributed by atoms with Crippen LogP contribution >= 0.6 is 0 Å². The smallest absolute Gasteiger partial charge is 0.257 e. The third-order valence-corrected chi connectivity index (χ3v) is 4.03. The number of benzene rings is 2. The molecule has 0 saturated carbocycles. The molecule has 4 rings (SSSR count). The minimum absolute atomic E-state index is 0.307. The van der Waals surface area contributed by atoms with Gasteiger partial charge in [-0.3, -0.25) is 9.78 Å². The van der Waals surface area contributed by atoms with E-state index in [2.05, 4.69) is 10.3 Å². The summed E-state index contributed by atoms with van der Waals surface area (Å²) in [4.78, 5) is 17.0. The number of amides is 1. The van der Waals surface area contributed by atoms with Gasteiger partial charge in [0.15, 0.2) is 11.5 Å². The quantitative estimate of drug-likeness (QED) is 0.774. The van der Waals surface area contributed by atoms with Crippen LogP contribution < -0.4 is 14.8 Å². The van der Waals surface area contributed by atoms with Crippen LogP contribution in [-0.4, -0.2) is 24.1 Å². The van der Waals surface area contributed by atoms with Crippen LogP contribution in [0.25, 0.3) is 10.9 Å². The molecule has 0 aliphatic carbocycles. The third-order valence-electron chi connectivity index (χ3n) is 4.03. The zero-order valence-corrected chi connectivity index (χ0v) is 13.5. The first-order chi connectivity index (χ1) is 12.1. The monoisotopic (exact) mass is 338 g/mol. The normalized spacial score (nSPS) is 12.9. The molecule has 0 saturated heterocycles. The molecule has 1 amide bonds. The summed E-state index contributed by atoms with van der Waals surface area (Å²) < 4.78 is 24.5. The maximum Gasteiger partial charge on any atom is 0.257 e. The molecule has 6 heteroatoms. The third kappa shape index (κ3) is 2.87. The predicted molar refractivity (Wildman–Crippen MR) is 91.8 cm³/mol. The van der Waals surface area contributed by atoms with Crippen molar-refractivity contribution in [1.29, 1.82) is 0 Å². The Labute approximate surface area is 143 Å². The van der Waals surface area contributed by atoms with E-state index in [-0.39, 0.29) is 11.7 Å². The van der Waals surface area contributed by atoms with Crippen molar-refractivity contribution < 1.29 is 18.7 Å². The lowest BCUT2D eigenvalue weighted by Crippen LogP contribution is -2.19. The summed E-state index contributed by atoms with van der Waals surface area (Å²) >= 11 is 0. The Bertz CT molecular complexity index is 988. The van der Waals surface area contributed by atoms with Crippen LogP contribution in [0.1, 0.15) is 16.1 Å². The van der Waals surface area contributed by atoms with Crippen LogP contribution in [0.5, 0.6) is 11.5 Å². The van der Waals surface area contributed by atoms with Crippen molar-refractivity contribution >= 4 is 22.5 Å². The number of carbonyl (C=O) groups excluding carboxylic acids is 1. The van der Waals surface area contributed by atoms with E-state index in [1.165, 1.54) is 12.1 Å². The van der Waals surface area contributed by atoms with E-state index in [0.29, 0.717) is 52.6 Å². The molecular formula is C19H15FN2O3. The Morgan fingerprint density at radius 3 is 2.88 bits per heavy atom. The zero-order valence-electron chi connectivity index (χ0n) is 13.5. The fourth-order valence-corrected chi connectivity index (χ4v) is 2.83. The maximum atomic E-state index is 13.3. The number of aromatic nitrogens is 1. The summed E-state index contributed by atoms with van der Waals surface area (Å²) in [7, 11) is 0. The molecular weight excluding hydrogens is 323 g/mol. The van der Waals surface area contributed by atoms with Crippen molar-refractivity contribution in [3.63, 3.8) is 0 Å². The molecule has 126 valence electrons. The number of ether oxygens (including phenoxy) is 2. The first-order valence-electron chi connectivity index (χ1n) is 7.89. The van der Waals surface area contributed by atoms with E-state index in [9.17, 15) is 9.18 Å². The van der Waals surface area contributed by atoms with E-state index in [0.717, 1.165) is 0 Å². The van der Waals surface area contributed by atoms with Gasteiger partial charge < -0.3 is 14.8 Å². The van der Waals surface area contributed by atoms with E-state index >= 15 is 0 Å². The summed E-state index contributed by atoms with van der Waals surface area (Å²) in [6, 6.07) is 11.3. The molecule has 0 bridgehead atoms. The molecule has 0 radical (unpaired) electrons. The van der Waals surface area contributed by atoms with Crippen molar-refractivity contribution in [3.05, 3.63) is 59.5 Å². The Kier molecular flexibility index (Phi) is 3.72. The molecule has 0 spiro atoms. The molecule has 0 fully saturated rings. The number of hydrogen-bond donors (Lipinski definition) is 1. The van der Waals surface area contributed by atoms with E-state index < -0.39 is 0 Å². The van der Waals surface area contributed by atoms with Gasteiger partial charge in [0, 0.05) is 11.5 Å². The molecule has 5 nitrogen and oxygen atoms in total. The Morgan fingerprint density at radius 2 is 2.00 bits per heavy atom. The minimum Gasteiger partial charge on any atom is -0.486 e. The first kappa shape index (κ1) is 15.4. The van der Waals surface area contributed by atoms with Gasteiger partial charge in [-0.1, -0.05) is 6.07 Å². The second kappa shape index (κ2) is 6.05. The number of halogens is 1. The maximum absolute atomic E-state index is 13.3. The van der Waals surface area contributed by atoms with Crippen molar-refractivity contribution in [1.82, 2.24) is 4.98 Å². The van der Waals surface area contributed by atoms with Crippen molar-refractivity contribution in [3.8, 4) is 11.5 Å². The molecule has 1 aromatic heterocycles. The number of para-hydroxylation sites is 1. The van der Waals surface area contributed by atoms with Crippen LogP contribution in [0.3, 0.4) is 0 Å². The number of rotatable bonds is 2. The van der Waals surface area contributed by atoms with Gasteiger partial charge in [0.1, 0.15) is 19.0 Å². The molecule has 1 aliphatic rings. The molecule has 25 heavy (non-hydrogen) atoms. The molecule has 1 aliphatic heterocycles. The van der Waals surface area contributed by atoms with Gasteiger partial charge >= 0.3 is 0 Å². The average molecular weight is 338 g/mol. The molecule has 3 aromatic rings. The molecule has 2 heterocycles. The fraction of sp³-hybridized carbons (Fsp3) is 0.158. The van der Waals surface area contributed by atoms with Crippen LogP contribution in [0.2, 0.25) is 0 Å². The lowest BCUT2D eigenvalue weighted by atomic mass is 10.1. The van der Waals surface area contributed by atoms with E-state index in [4.69, 9.17) is 9.47 Å². The summed E-state index contributed by atoms with van der Waals surface area (Å²) in [6.45, 7) is 2.63. The summed E-state index contributed by atoms with van der Waals surface area (Å²) in [5, 5.41) is 3.55. The standard InChI is InChI=1S/C19H15FN2O3/c1-11-14(9-12-5-6-13(20)10-16(12)21-11)19(23)22-15-3-2-4-17-18(15)25-8-7-24-17/h2-6,9-10H,7-8H2,1H3,(H,22,23). The average Bonchev–Trinajstić information content (AvgIpc) is 2.61. The van der Waals surface area contributed by atoms with Crippen molar-refractivity contribution in [2.75, 3.05) is 18.5 Å². The van der Waals surface area contributed by atoms with Gasteiger partial charge in [0.25, 0.3) is 5.91 Å². The molecule has 2 aromatic carbocycles. The second-order valence-electron chi connectivity index (χ2n) is 5.74. The van der Waals surface area contributed by atoms with Gasteiger partial charge in [-0.15, -0.1) is 0 Å². The van der Waals surface area contributed by atoms with Gasteiger partial charge in [0.05, 0.1) is 22.5 Å². The lowest BCUT2D eigenvalue weighted by molar-refractivity contribution is 0.102. The highest BCUT2D eigenvalue weighted by Gasteiger charge is 2.19. The van der Waals surface area contributed by atoms with Crippen LogP contribution in [0.15, 0.2) is 42.5 Å². The van der Waals surface area contributed by atoms with Crippen molar-refractivity contribution in [2.24, 2.45) is 0 Å². The largest absolute Gasteiger partial charge is 0.486 e. The number of pyridine rings is 1. The predicted octanol–water partition coefficient (Wildman–Crippen LogP) is 3.71. The summed E-state index contributed by atoms with van der Waals surface area (Å²) in [5.74, 6) is 0.465. The first-order valence-corrected chi connectivity index (χ1v) is 7.89. The van der Waals surface area contributed by atoms with Crippen LogP contribution in [-0.2, 0) is 0 Å². The number of carbonyl (C=O) groups is 1. The Morgan fingerprint density at radius 1 is 1.16 bits per heavy atom. The van der Waals surface area contributed by atoms with Gasteiger partial charge in [0.2, 0.25) is 0 Å². The Balaban J connectivity index is 1.69. The Hall–Kier alpha value is -3.15. The number of nitrogens with zero attached hydrogens (tertiary/aromatic N) is 1. The topological polar surface area (TPSA) is 60.5 Å². The zero-order chi connectivity index (χ0) is 17.4. The molecule has 0 atom stereocenters. The highest BCUT2D eigenvalue weighted by Crippen LogP contribution is 2.37. The van der Waals surface area contributed by atoms with E-state index in [1.807, 2.05) is 0 Å². The summed E-state index contributed by atoms with van der Waals surface area (Å²) in [5.41, 5.74) is 2.01. The van der Waals surface area contributed by atoms with Crippen LogP contribution in [0, 0.1) is 12.7 Å². The van der Waals surface area contributed by atoms with Gasteiger partial charge in [-0.05, 0) is 37.3 Å². The SMILES string of the molecule is Cc1nc2cc(F)ccc2cc1C(=O)Nc1cccc2c1OCCO2.